The molecule has 0 saturated carbocycles. The third-order valence-corrected chi connectivity index (χ3v) is 5.35. The van der Waals surface area contributed by atoms with E-state index in [1.165, 1.54) is 11.3 Å². The average Bonchev–Trinajstić information content (AvgIpc) is 3.20. The van der Waals surface area contributed by atoms with Crippen LogP contribution in [0.25, 0.3) is 0 Å². The topological polar surface area (TPSA) is 71.5 Å². The molecule has 2 aromatic rings. The summed E-state index contributed by atoms with van der Waals surface area (Å²) in [5, 5.41) is 1.45. The van der Waals surface area contributed by atoms with Crippen LogP contribution >= 0.6 is 0 Å². The monoisotopic (exact) mass is 371 g/mol. The summed E-state index contributed by atoms with van der Waals surface area (Å²) in [6, 6.07) is 1.50. The number of aromatic nitrogens is 3. The molecule has 142 valence electrons. The van der Waals surface area contributed by atoms with Gasteiger partial charge in [0.25, 0.3) is 0 Å². The maximum Gasteiger partial charge on any atom is 0.249 e. The van der Waals surface area contributed by atoms with Crippen LogP contribution in [-0.4, -0.2) is 45.6 Å². The smallest absolute Gasteiger partial charge is 0.249 e. The van der Waals surface area contributed by atoms with Crippen molar-refractivity contribution in [2.75, 3.05) is 24.6 Å². The number of amides is 1. The predicted molar refractivity (Wildman–Crippen MR) is 96.1 cm³/mol. The van der Waals surface area contributed by atoms with Crippen molar-refractivity contribution < 1.29 is 14.0 Å². The molecule has 0 radical (unpaired) electrons. The third-order valence-electron chi connectivity index (χ3n) is 5.35. The summed E-state index contributed by atoms with van der Waals surface area (Å²) in [6.45, 7) is 3.60. The minimum Gasteiger partial charge on any atom is -0.341 e. The lowest BCUT2D eigenvalue weighted by molar-refractivity contribution is -0.182. The molecule has 2 aliphatic rings. The molecule has 0 N–H and O–H groups in total. The summed E-state index contributed by atoms with van der Waals surface area (Å²) < 4.78 is 13.9. The molecule has 2 aromatic heterocycles. The van der Waals surface area contributed by atoms with E-state index in [0.29, 0.717) is 37.4 Å². The maximum atomic E-state index is 13.9. The number of rotatable bonds is 3. The Kier molecular flexibility index (Phi) is 4.98. The van der Waals surface area contributed by atoms with Crippen LogP contribution in [0.5, 0.6) is 0 Å². The Morgan fingerprint density at radius 3 is 2.67 bits per heavy atom. The third kappa shape index (κ3) is 3.49. The highest BCUT2D eigenvalue weighted by Crippen LogP contribution is 2.35. The number of hydroxylamine groups is 2. The molecule has 1 atom stereocenters. The Morgan fingerprint density at radius 2 is 1.93 bits per heavy atom. The molecule has 1 unspecified atom stereocenters. The van der Waals surface area contributed by atoms with Crippen LogP contribution in [0, 0.1) is 18.7 Å². The van der Waals surface area contributed by atoms with E-state index in [2.05, 4.69) is 19.9 Å². The zero-order valence-corrected chi connectivity index (χ0v) is 15.2. The molecule has 2 aliphatic heterocycles. The van der Waals surface area contributed by atoms with Crippen molar-refractivity contribution in [3.8, 4) is 0 Å². The van der Waals surface area contributed by atoms with Crippen LogP contribution in [0.4, 0.5) is 10.3 Å². The van der Waals surface area contributed by atoms with E-state index in [-0.39, 0.29) is 23.7 Å². The highest BCUT2D eigenvalue weighted by molar-refractivity contribution is 5.79. The molecule has 0 aliphatic carbocycles. The molecule has 2 fully saturated rings. The van der Waals surface area contributed by atoms with Crippen LogP contribution in [0.15, 0.2) is 30.9 Å². The molecule has 0 aromatic carbocycles. The first-order valence-corrected chi connectivity index (χ1v) is 9.23. The SMILES string of the molecule is Cc1c(F)cncc1C1CCON1C(=O)C1CCN(c2ncccn2)CC1. The van der Waals surface area contributed by atoms with Gasteiger partial charge in [-0.3, -0.25) is 14.6 Å². The fourth-order valence-electron chi connectivity index (χ4n) is 3.78. The van der Waals surface area contributed by atoms with E-state index in [1.807, 2.05) is 0 Å². The molecular formula is C19H22FN5O2. The number of hydrogen-bond donors (Lipinski definition) is 0. The van der Waals surface area contributed by atoms with Gasteiger partial charge in [0, 0.05) is 49.6 Å². The van der Waals surface area contributed by atoms with Gasteiger partial charge in [0.1, 0.15) is 5.82 Å². The van der Waals surface area contributed by atoms with Gasteiger partial charge in [-0.15, -0.1) is 0 Å². The van der Waals surface area contributed by atoms with Gasteiger partial charge in [-0.1, -0.05) is 0 Å². The summed E-state index contributed by atoms with van der Waals surface area (Å²) in [7, 11) is 0. The van der Waals surface area contributed by atoms with Crippen LogP contribution in [0.1, 0.15) is 36.4 Å². The first-order chi connectivity index (χ1) is 13.1. The normalized spacial score (nSPS) is 20.9. The van der Waals surface area contributed by atoms with E-state index in [4.69, 9.17) is 4.84 Å². The van der Waals surface area contributed by atoms with Gasteiger partial charge >= 0.3 is 0 Å². The van der Waals surface area contributed by atoms with E-state index >= 15 is 0 Å². The Labute approximate surface area is 157 Å². The lowest BCUT2D eigenvalue weighted by Crippen LogP contribution is -2.42. The van der Waals surface area contributed by atoms with Crippen molar-refractivity contribution in [2.45, 2.75) is 32.2 Å². The molecule has 0 spiro atoms. The molecule has 27 heavy (non-hydrogen) atoms. The Morgan fingerprint density at radius 1 is 1.19 bits per heavy atom. The number of nitrogens with zero attached hydrogens (tertiary/aromatic N) is 5. The summed E-state index contributed by atoms with van der Waals surface area (Å²) in [5.41, 5.74) is 1.24. The van der Waals surface area contributed by atoms with Crippen molar-refractivity contribution >= 4 is 11.9 Å². The summed E-state index contributed by atoms with van der Waals surface area (Å²) in [4.78, 5) is 33.3. The fourth-order valence-corrected chi connectivity index (χ4v) is 3.78. The first kappa shape index (κ1) is 17.8. The molecule has 0 bridgehead atoms. The summed E-state index contributed by atoms with van der Waals surface area (Å²) >= 11 is 0. The number of halogens is 1. The second kappa shape index (κ2) is 7.56. The van der Waals surface area contributed by atoms with Crippen molar-refractivity contribution in [1.29, 1.82) is 0 Å². The van der Waals surface area contributed by atoms with Crippen molar-refractivity contribution in [1.82, 2.24) is 20.0 Å². The van der Waals surface area contributed by atoms with Gasteiger partial charge in [-0.2, -0.15) is 0 Å². The number of piperidine rings is 1. The highest BCUT2D eigenvalue weighted by atomic mass is 19.1. The molecule has 2 saturated heterocycles. The Bertz CT molecular complexity index is 811. The van der Waals surface area contributed by atoms with E-state index in [1.54, 1.807) is 31.6 Å². The lowest BCUT2D eigenvalue weighted by Gasteiger charge is -2.34. The van der Waals surface area contributed by atoms with Gasteiger partial charge in [0.05, 0.1) is 18.8 Å². The number of carbonyl (C=O) groups excluding carboxylic acids is 1. The molecule has 7 nitrogen and oxygen atoms in total. The first-order valence-electron chi connectivity index (χ1n) is 9.23. The quantitative estimate of drug-likeness (QED) is 0.825. The molecular weight excluding hydrogens is 349 g/mol. The van der Waals surface area contributed by atoms with Crippen molar-refractivity contribution in [3.63, 3.8) is 0 Å². The van der Waals surface area contributed by atoms with Gasteiger partial charge in [0.15, 0.2) is 0 Å². The van der Waals surface area contributed by atoms with Crippen LogP contribution in [-0.2, 0) is 9.63 Å². The van der Waals surface area contributed by atoms with E-state index in [9.17, 15) is 9.18 Å². The minimum absolute atomic E-state index is 0.0326. The predicted octanol–water partition coefficient (Wildman–Crippen LogP) is 2.44. The van der Waals surface area contributed by atoms with Gasteiger partial charge < -0.3 is 4.90 Å². The van der Waals surface area contributed by atoms with E-state index < -0.39 is 0 Å². The molecule has 4 rings (SSSR count). The summed E-state index contributed by atoms with van der Waals surface area (Å²) in [5.74, 6) is 0.185. The van der Waals surface area contributed by atoms with Crippen molar-refractivity contribution in [3.05, 3.63) is 47.8 Å². The average molecular weight is 371 g/mol. The fraction of sp³-hybridized carbons (Fsp3) is 0.474. The molecule has 1 amide bonds. The zero-order chi connectivity index (χ0) is 18.8. The van der Waals surface area contributed by atoms with Crippen LogP contribution < -0.4 is 4.90 Å². The number of anilines is 1. The van der Waals surface area contributed by atoms with Gasteiger partial charge in [0.2, 0.25) is 11.9 Å². The largest absolute Gasteiger partial charge is 0.341 e. The highest BCUT2D eigenvalue weighted by Gasteiger charge is 2.38. The van der Waals surface area contributed by atoms with Gasteiger partial charge in [-0.25, -0.2) is 19.4 Å². The van der Waals surface area contributed by atoms with Crippen LogP contribution in [0.2, 0.25) is 0 Å². The lowest BCUT2D eigenvalue weighted by atomic mass is 9.94. The second-order valence-corrected chi connectivity index (χ2v) is 6.95. The molecule has 8 heteroatoms. The minimum atomic E-state index is -0.358. The zero-order valence-electron chi connectivity index (χ0n) is 15.2. The maximum absolute atomic E-state index is 13.9. The molecule has 4 heterocycles. The number of pyridine rings is 1. The summed E-state index contributed by atoms with van der Waals surface area (Å²) in [6.07, 6.45) is 8.34. The van der Waals surface area contributed by atoms with Crippen molar-refractivity contribution in [2.24, 2.45) is 5.92 Å². The Hall–Kier alpha value is -2.61. The number of carbonyl (C=O) groups is 1. The second-order valence-electron chi connectivity index (χ2n) is 6.95. The van der Waals surface area contributed by atoms with Crippen LogP contribution in [0.3, 0.4) is 0 Å². The standard InChI is InChI=1S/C19H22FN5O2/c1-13-15(11-21-12-16(13)20)17-5-10-27-25(17)18(26)14-3-8-24(9-4-14)19-22-6-2-7-23-19/h2,6-7,11-12,14,17H,3-5,8-10H2,1H3. The Balaban J connectivity index is 1.44. The number of hydrogen-bond acceptors (Lipinski definition) is 6. The van der Waals surface area contributed by atoms with Gasteiger partial charge in [-0.05, 0) is 31.4 Å². The van der Waals surface area contributed by atoms with E-state index in [0.717, 1.165) is 18.7 Å².